The van der Waals surface area contributed by atoms with Gasteiger partial charge in [-0.2, -0.15) is 0 Å². The first kappa shape index (κ1) is 10.5. The molecule has 15 heavy (non-hydrogen) atoms. The fourth-order valence-corrected chi connectivity index (χ4v) is 2.26. The summed E-state index contributed by atoms with van der Waals surface area (Å²) in [5, 5.41) is 1.51. The summed E-state index contributed by atoms with van der Waals surface area (Å²) in [5.74, 6) is 0.925. The summed E-state index contributed by atoms with van der Waals surface area (Å²) in [6, 6.07) is 16.0. The maximum Gasteiger partial charge on any atom is 0.130 e. The van der Waals surface area contributed by atoms with Gasteiger partial charge in [0.05, 0.1) is 5.03 Å². The lowest BCUT2D eigenvalue weighted by atomic mass is 10.2. The summed E-state index contributed by atoms with van der Waals surface area (Å²) in [6.07, 6.45) is 0. The van der Waals surface area contributed by atoms with Crippen LogP contribution < -0.4 is 0 Å². The molecule has 0 amide bonds. The van der Waals surface area contributed by atoms with Crippen molar-refractivity contribution < 1.29 is 0 Å². The molecule has 0 fully saturated rings. The van der Waals surface area contributed by atoms with E-state index < -0.39 is 0 Å². The van der Waals surface area contributed by atoms with Crippen molar-refractivity contribution in [3.8, 4) is 0 Å². The predicted molar refractivity (Wildman–Crippen MR) is 65.3 cm³/mol. The van der Waals surface area contributed by atoms with Crippen molar-refractivity contribution in [3.63, 3.8) is 0 Å². The van der Waals surface area contributed by atoms with Crippen LogP contribution in [0.3, 0.4) is 0 Å². The maximum absolute atomic E-state index is 5.80. The van der Waals surface area contributed by atoms with E-state index in [2.05, 4.69) is 17.1 Å². The van der Waals surface area contributed by atoms with Crippen molar-refractivity contribution in [2.24, 2.45) is 0 Å². The fraction of sp³-hybridized carbons (Fsp3) is 0.0833. The topological polar surface area (TPSA) is 12.9 Å². The lowest BCUT2D eigenvalue weighted by Crippen LogP contribution is -1.82. The third kappa shape index (κ3) is 3.26. The van der Waals surface area contributed by atoms with Gasteiger partial charge in [0.1, 0.15) is 5.15 Å². The first-order valence-corrected chi connectivity index (χ1v) is 6.00. The number of pyridine rings is 1. The number of hydrogen-bond acceptors (Lipinski definition) is 2. The normalized spacial score (nSPS) is 10.2. The Hall–Kier alpha value is -0.990. The van der Waals surface area contributed by atoms with E-state index in [9.17, 15) is 0 Å². The molecule has 1 aromatic carbocycles. The zero-order valence-electron chi connectivity index (χ0n) is 8.06. The van der Waals surface area contributed by atoms with Gasteiger partial charge in [-0.3, -0.25) is 0 Å². The molecular weight excluding hydrogens is 226 g/mol. The number of hydrogen-bond donors (Lipinski definition) is 0. The summed E-state index contributed by atoms with van der Waals surface area (Å²) in [7, 11) is 0. The number of benzene rings is 1. The van der Waals surface area contributed by atoms with Gasteiger partial charge in [0.15, 0.2) is 0 Å². The Morgan fingerprint density at radius 3 is 2.53 bits per heavy atom. The molecule has 1 nitrogen and oxygen atoms in total. The second-order valence-electron chi connectivity index (χ2n) is 3.07. The van der Waals surface area contributed by atoms with Crippen LogP contribution in [0.15, 0.2) is 53.6 Å². The van der Waals surface area contributed by atoms with E-state index in [0.29, 0.717) is 5.15 Å². The summed E-state index contributed by atoms with van der Waals surface area (Å²) in [6.45, 7) is 0. The third-order valence-corrected chi connectivity index (χ3v) is 3.13. The Morgan fingerprint density at radius 1 is 1.00 bits per heavy atom. The molecule has 2 rings (SSSR count). The minimum Gasteiger partial charge on any atom is -0.230 e. The summed E-state index contributed by atoms with van der Waals surface area (Å²) < 4.78 is 0. The lowest BCUT2D eigenvalue weighted by molar-refractivity contribution is 1.13. The molecule has 0 saturated carbocycles. The lowest BCUT2D eigenvalue weighted by Gasteiger charge is -2.01. The molecule has 1 heterocycles. The molecule has 0 unspecified atom stereocenters. The standard InChI is InChI=1S/C12H10ClNS/c13-11-7-4-8-12(14-11)15-9-10-5-2-1-3-6-10/h1-8H,9H2. The highest BCUT2D eigenvalue weighted by Gasteiger charge is 1.97. The number of thioether (sulfide) groups is 1. The number of halogens is 1. The minimum atomic E-state index is 0.549. The quantitative estimate of drug-likeness (QED) is 0.589. The van der Waals surface area contributed by atoms with Gasteiger partial charge in [-0.25, -0.2) is 4.98 Å². The van der Waals surface area contributed by atoms with Gasteiger partial charge < -0.3 is 0 Å². The van der Waals surface area contributed by atoms with Crippen LogP contribution in [0.25, 0.3) is 0 Å². The Balaban J connectivity index is 1.99. The van der Waals surface area contributed by atoms with Gasteiger partial charge in [0.25, 0.3) is 0 Å². The highest BCUT2D eigenvalue weighted by molar-refractivity contribution is 7.98. The van der Waals surface area contributed by atoms with E-state index >= 15 is 0 Å². The van der Waals surface area contributed by atoms with Crippen molar-refractivity contribution in [2.75, 3.05) is 0 Å². The Labute approximate surface area is 98.5 Å². The molecular formula is C12H10ClNS. The Morgan fingerprint density at radius 2 is 1.80 bits per heavy atom. The van der Waals surface area contributed by atoms with E-state index in [-0.39, 0.29) is 0 Å². The van der Waals surface area contributed by atoms with Crippen molar-refractivity contribution in [3.05, 3.63) is 59.2 Å². The Kier molecular flexibility index (Phi) is 3.64. The monoisotopic (exact) mass is 235 g/mol. The molecule has 3 heteroatoms. The highest BCUT2D eigenvalue weighted by atomic mass is 35.5. The van der Waals surface area contributed by atoms with Crippen LogP contribution in [-0.2, 0) is 5.75 Å². The van der Waals surface area contributed by atoms with Crippen LogP contribution in [0.4, 0.5) is 0 Å². The zero-order valence-corrected chi connectivity index (χ0v) is 9.63. The van der Waals surface area contributed by atoms with Crippen molar-refractivity contribution in [2.45, 2.75) is 10.8 Å². The van der Waals surface area contributed by atoms with E-state index in [0.717, 1.165) is 10.8 Å². The van der Waals surface area contributed by atoms with Gasteiger partial charge in [0.2, 0.25) is 0 Å². The molecule has 0 aliphatic rings. The molecule has 76 valence electrons. The largest absolute Gasteiger partial charge is 0.230 e. The van der Waals surface area contributed by atoms with Gasteiger partial charge >= 0.3 is 0 Å². The molecule has 0 aliphatic carbocycles. The van der Waals surface area contributed by atoms with Crippen LogP contribution in [-0.4, -0.2) is 4.98 Å². The van der Waals surface area contributed by atoms with E-state index in [4.69, 9.17) is 11.6 Å². The van der Waals surface area contributed by atoms with Crippen LogP contribution in [0.1, 0.15) is 5.56 Å². The second kappa shape index (κ2) is 5.19. The molecule has 0 aliphatic heterocycles. The number of aromatic nitrogens is 1. The van der Waals surface area contributed by atoms with Gasteiger partial charge in [-0.1, -0.05) is 48.0 Å². The van der Waals surface area contributed by atoms with E-state index in [1.54, 1.807) is 17.8 Å². The summed E-state index contributed by atoms with van der Waals surface area (Å²) in [5.41, 5.74) is 1.30. The van der Waals surface area contributed by atoms with Crippen LogP contribution >= 0.6 is 23.4 Å². The molecule has 0 spiro atoms. The SMILES string of the molecule is Clc1cccc(SCc2ccccc2)n1. The average molecular weight is 236 g/mol. The third-order valence-electron chi connectivity index (χ3n) is 1.92. The molecule has 0 saturated heterocycles. The van der Waals surface area contributed by atoms with Gasteiger partial charge in [-0.05, 0) is 17.7 Å². The number of rotatable bonds is 3. The van der Waals surface area contributed by atoms with Gasteiger partial charge in [0, 0.05) is 5.75 Å². The molecule has 0 bridgehead atoms. The summed E-state index contributed by atoms with van der Waals surface area (Å²) in [4.78, 5) is 4.22. The maximum atomic E-state index is 5.80. The predicted octanol–water partition coefficient (Wildman–Crippen LogP) is 4.03. The van der Waals surface area contributed by atoms with Crippen molar-refractivity contribution >= 4 is 23.4 Å². The van der Waals surface area contributed by atoms with E-state index in [1.807, 2.05) is 30.3 Å². The molecule has 1 aromatic heterocycles. The molecule has 0 atom stereocenters. The molecule has 0 N–H and O–H groups in total. The highest BCUT2D eigenvalue weighted by Crippen LogP contribution is 2.21. The minimum absolute atomic E-state index is 0.549. The van der Waals surface area contributed by atoms with Gasteiger partial charge in [-0.15, -0.1) is 11.8 Å². The fourth-order valence-electron chi connectivity index (χ4n) is 1.20. The first-order chi connectivity index (χ1) is 7.34. The Bertz CT molecular complexity index is 431. The van der Waals surface area contributed by atoms with Crippen molar-refractivity contribution in [1.82, 2.24) is 4.98 Å². The van der Waals surface area contributed by atoms with Crippen molar-refractivity contribution in [1.29, 1.82) is 0 Å². The molecule has 2 aromatic rings. The second-order valence-corrected chi connectivity index (χ2v) is 4.46. The van der Waals surface area contributed by atoms with Crippen LogP contribution in [0.2, 0.25) is 5.15 Å². The summed E-state index contributed by atoms with van der Waals surface area (Å²) >= 11 is 7.49. The first-order valence-electron chi connectivity index (χ1n) is 4.64. The van der Waals surface area contributed by atoms with E-state index in [1.165, 1.54) is 5.56 Å². The van der Waals surface area contributed by atoms with Crippen LogP contribution in [0, 0.1) is 0 Å². The average Bonchev–Trinajstić information content (AvgIpc) is 2.28. The zero-order chi connectivity index (χ0) is 10.5. The van der Waals surface area contributed by atoms with Crippen LogP contribution in [0.5, 0.6) is 0 Å². The molecule has 0 radical (unpaired) electrons. The number of nitrogens with zero attached hydrogens (tertiary/aromatic N) is 1. The smallest absolute Gasteiger partial charge is 0.130 e.